The Bertz CT molecular complexity index is 493. The van der Waals surface area contributed by atoms with Crippen LogP contribution >= 0.6 is 7.60 Å². The fraction of sp³-hybridized carbons (Fsp3) is 0.462. The van der Waals surface area contributed by atoms with Crippen LogP contribution in [0.1, 0.15) is 11.5 Å². The maximum atomic E-state index is 12.5. The summed E-state index contributed by atoms with van der Waals surface area (Å²) in [6.07, 6.45) is 0. The molecule has 3 atom stereocenters. The second-order valence-electron chi connectivity index (χ2n) is 4.38. The minimum Gasteiger partial charge on any atom is -0.469 e. The molecule has 1 aliphatic rings. The normalized spacial score (nSPS) is 25.9. The average molecular weight is 284 g/mol. The number of carbonyl (C=O) groups is 1. The van der Waals surface area contributed by atoms with Crippen LogP contribution in [-0.2, 0) is 23.1 Å². The molecule has 1 aliphatic carbocycles. The van der Waals surface area contributed by atoms with Gasteiger partial charge >= 0.3 is 13.6 Å². The van der Waals surface area contributed by atoms with Gasteiger partial charge in [-0.3, -0.25) is 9.36 Å². The van der Waals surface area contributed by atoms with Crippen molar-refractivity contribution in [1.29, 1.82) is 0 Å². The van der Waals surface area contributed by atoms with Crippen molar-refractivity contribution in [3.63, 3.8) is 0 Å². The molecule has 1 saturated carbocycles. The molecule has 0 amide bonds. The molecule has 0 bridgehead atoms. The third kappa shape index (κ3) is 2.46. The molecule has 1 aromatic carbocycles. The Labute approximate surface area is 112 Å². The summed E-state index contributed by atoms with van der Waals surface area (Å²) >= 11 is 0. The van der Waals surface area contributed by atoms with E-state index in [1.807, 2.05) is 30.3 Å². The third-order valence-electron chi connectivity index (χ3n) is 3.51. The molecule has 0 N–H and O–H groups in total. The van der Waals surface area contributed by atoms with Crippen LogP contribution in [0.15, 0.2) is 30.3 Å². The fourth-order valence-corrected chi connectivity index (χ4v) is 4.50. The van der Waals surface area contributed by atoms with E-state index in [2.05, 4.69) is 0 Å². The van der Waals surface area contributed by atoms with Crippen molar-refractivity contribution in [2.45, 2.75) is 11.6 Å². The highest BCUT2D eigenvalue weighted by atomic mass is 31.2. The second kappa shape index (κ2) is 5.45. The molecule has 6 heteroatoms. The van der Waals surface area contributed by atoms with Gasteiger partial charge in [0.1, 0.15) is 0 Å². The zero-order chi connectivity index (χ0) is 14.0. The Kier molecular flexibility index (Phi) is 4.09. The number of ether oxygens (including phenoxy) is 1. The first-order valence-electron chi connectivity index (χ1n) is 5.93. The predicted molar refractivity (Wildman–Crippen MR) is 70.1 cm³/mol. The molecule has 5 nitrogen and oxygen atoms in total. The van der Waals surface area contributed by atoms with E-state index < -0.39 is 19.2 Å². The molecule has 0 heterocycles. The van der Waals surface area contributed by atoms with Crippen LogP contribution in [0.5, 0.6) is 0 Å². The summed E-state index contributed by atoms with van der Waals surface area (Å²) in [5.74, 6) is -1.04. The first-order valence-corrected chi connectivity index (χ1v) is 7.54. The molecule has 0 aromatic heterocycles. The molecule has 1 aromatic rings. The van der Waals surface area contributed by atoms with Gasteiger partial charge in [-0.25, -0.2) is 0 Å². The quantitative estimate of drug-likeness (QED) is 0.614. The standard InChI is InChI=1S/C13H17O5P/c1-16-13(14)11-10(9-7-5-4-6-8-9)12(11)19(15,17-2)18-3/h4-8,10-12H,1-3H3/t10-,11-,12-/m1/s1. The van der Waals surface area contributed by atoms with Gasteiger partial charge in [0.2, 0.25) is 0 Å². The van der Waals surface area contributed by atoms with Crippen LogP contribution in [0.2, 0.25) is 0 Å². The largest absolute Gasteiger partial charge is 0.469 e. The first kappa shape index (κ1) is 14.3. The Balaban J connectivity index is 2.32. The van der Waals surface area contributed by atoms with Gasteiger partial charge in [-0.2, -0.15) is 0 Å². The monoisotopic (exact) mass is 284 g/mol. The van der Waals surface area contributed by atoms with Crippen LogP contribution in [0, 0.1) is 5.92 Å². The molecule has 0 spiro atoms. The van der Waals surface area contributed by atoms with Crippen molar-refractivity contribution in [3.8, 4) is 0 Å². The molecule has 2 rings (SSSR count). The van der Waals surface area contributed by atoms with E-state index in [0.717, 1.165) is 5.56 Å². The van der Waals surface area contributed by atoms with E-state index in [4.69, 9.17) is 13.8 Å². The van der Waals surface area contributed by atoms with E-state index in [0.29, 0.717) is 0 Å². The minimum atomic E-state index is -3.29. The summed E-state index contributed by atoms with van der Waals surface area (Å²) in [5.41, 5.74) is 0.467. The van der Waals surface area contributed by atoms with Crippen LogP contribution in [0.3, 0.4) is 0 Å². The Morgan fingerprint density at radius 2 is 1.68 bits per heavy atom. The first-order chi connectivity index (χ1) is 9.09. The van der Waals surface area contributed by atoms with E-state index in [-0.39, 0.29) is 11.9 Å². The smallest absolute Gasteiger partial charge is 0.334 e. The van der Waals surface area contributed by atoms with Gasteiger partial charge < -0.3 is 13.8 Å². The van der Waals surface area contributed by atoms with Gasteiger partial charge in [0.05, 0.1) is 18.7 Å². The molecule has 104 valence electrons. The highest BCUT2D eigenvalue weighted by Gasteiger charge is 2.66. The number of carbonyl (C=O) groups excluding carboxylic acids is 1. The Hall–Kier alpha value is -1.16. The SMILES string of the molecule is COC(=O)[C@@H]1[C@@H](c2ccccc2)[C@H]1P(=O)(OC)OC. The van der Waals surface area contributed by atoms with Gasteiger partial charge in [-0.15, -0.1) is 0 Å². The lowest BCUT2D eigenvalue weighted by Crippen LogP contribution is -2.08. The maximum absolute atomic E-state index is 12.5. The molecule has 0 unspecified atom stereocenters. The summed E-state index contributed by atoms with van der Waals surface area (Å²) < 4.78 is 27.3. The van der Waals surface area contributed by atoms with Crippen molar-refractivity contribution >= 4 is 13.6 Å². The maximum Gasteiger partial charge on any atom is 0.334 e. The van der Waals surface area contributed by atoms with Crippen LogP contribution < -0.4 is 0 Å². The van der Waals surface area contributed by atoms with Crippen molar-refractivity contribution < 1.29 is 23.1 Å². The molecule has 19 heavy (non-hydrogen) atoms. The number of hydrogen-bond acceptors (Lipinski definition) is 5. The van der Waals surface area contributed by atoms with Gasteiger partial charge in [-0.05, 0) is 5.56 Å². The highest BCUT2D eigenvalue weighted by molar-refractivity contribution is 7.55. The van der Waals surface area contributed by atoms with Crippen molar-refractivity contribution in [2.24, 2.45) is 5.92 Å². The molecule has 0 saturated heterocycles. The number of methoxy groups -OCH3 is 1. The van der Waals surface area contributed by atoms with E-state index in [1.165, 1.54) is 21.3 Å². The molecule has 0 aliphatic heterocycles. The van der Waals surface area contributed by atoms with Gasteiger partial charge in [0.25, 0.3) is 0 Å². The lowest BCUT2D eigenvalue weighted by molar-refractivity contribution is -0.142. The minimum absolute atomic E-state index is 0.181. The third-order valence-corrected chi connectivity index (χ3v) is 5.90. The van der Waals surface area contributed by atoms with E-state index >= 15 is 0 Å². The molecule has 1 fully saturated rings. The Morgan fingerprint density at radius 3 is 2.16 bits per heavy atom. The lowest BCUT2D eigenvalue weighted by Gasteiger charge is -2.13. The summed E-state index contributed by atoms with van der Waals surface area (Å²) in [4.78, 5) is 11.8. The van der Waals surface area contributed by atoms with E-state index in [9.17, 15) is 9.36 Å². The van der Waals surface area contributed by atoms with Crippen LogP contribution in [-0.4, -0.2) is 33.0 Å². The lowest BCUT2D eigenvalue weighted by atomic mass is 10.1. The number of esters is 1. The summed E-state index contributed by atoms with van der Waals surface area (Å²) in [5, 5.41) is 0. The number of benzene rings is 1. The predicted octanol–water partition coefficient (Wildman–Crippen LogP) is 2.43. The zero-order valence-corrected chi connectivity index (χ0v) is 12.0. The van der Waals surface area contributed by atoms with Gasteiger partial charge in [0.15, 0.2) is 0 Å². The van der Waals surface area contributed by atoms with E-state index in [1.54, 1.807) is 0 Å². The van der Waals surface area contributed by atoms with Gasteiger partial charge in [0, 0.05) is 20.1 Å². The van der Waals surface area contributed by atoms with Gasteiger partial charge in [-0.1, -0.05) is 30.3 Å². The van der Waals surface area contributed by atoms with Crippen LogP contribution in [0.25, 0.3) is 0 Å². The van der Waals surface area contributed by atoms with Crippen LogP contribution in [0.4, 0.5) is 0 Å². The molecular weight excluding hydrogens is 267 g/mol. The fourth-order valence-electron chi connectivity index (χ4n) is 2.51. The zero-order valence-electron chi connectivity index (χ0n) is 11.1. The number of hydrogen-bond donors (Lipinski definition) is 0. The topological polar surface area (TPSA) is 61.8 Å². The summed E-state index contributed by atoms with van der Waals surface area (Å²) in [6.45, 7) is 0. The second-order valence-corrected chi connectivity index (χ2v) is 6.79. The Morgan fingerprint density at radius 1 is 1.11 bits per heavy atom. The number of rotatable bonds is 5. The molecule has 0 radical (unpaired) electrons. The molecular formula is C13H17O5P. The van der Waals surface area contributed by atoms with Crippen molar-refractivity contribution in [1.82, 2.24) is 0 Å². The summed E-state index contributed by atoms with van der Waals surface area (Å²) in [7, 11) is 0.701. The van der Waals surface area contributed by atoms with Crippen molar-refractivity contribution in [3.05, 3.63) is 35.9 Å². The summed E-state index contributed by atoms with van der Waals surface area (Å²) in [6, 6.07) is 9.44. The average Bonchev–Trinajstić information content (AvgIpc) is 3.22. The highest BCUT2D eigenvalue weighted by Crippen LogP contribution is 2.71. The van der Waals surface area contributed by atoms with Crippen molar-refractivity contribution in [2.75, 3.05) is 21.3 Å².